The maximum atomic E-state index is 12.1. The van der Waals surface area contributed by atoms with Crippen molar-refractivity contribution in [1.29, 1.82) is 0 Å². The summed E-state index contributed by atoms with van der Waals surface area (Å²) in [6.07, 6.45) is 0.554. The summed E-state index contributed by atoms with van der Waals surface area (Å²) in [5.74, 6) is -1.03. The third-order valence-electron chi connectivity index (χ3n) is 4.11. The van der Waals surface area contributed by atoms with Crippen molar-refractivity contribution in [1.82, 2.24) is 10.6 Å². The number of rotatable bonds is 9. The molecule has 0 aliphatic heterocycles. The topological polar surface area (TPSA) is 96.5 Å². The fourth-order valence-corrected chi connectivity index (χ4v) is 2.88. The average Bonchev–Trinajstić information content (AvgIpc) is 2.72. The molecule has 0 radical (unpaired) electrons. The van der Waals surface area contributed by atoms with Crippen LogP contribution in [0.4, 0.5) is 5.69 Å². The molecular formula is C23H27N3O4S. The lowest BCUT2D eigenvalue weighted by molar-refractivity contribution is -0.144. The molecule has 8 heteroatoms. The van der Waals surface area contributed by atoms with E-state index in [0.717, 1.165) is 5.56 Å². The van der Waals surface area contributed by atoms with Gasteiger partial charge in [-0.15, -0.1) is 0 Å². The number of anilines is 1. The fourth-order valence-electron chi connectivity index (χ4n) is 2.65. The van der Waals surface area contributed by atoms with Gasteiger partial charge in [0.2, 0.25) is 5.91 Å². The number of esters is 1. The molecule has 0 aliphatic carbocycles. The molecule has 2 aromatic rings. The molecule has 164 valence electrons. The van der Waals surface area contributed by atoms with Gasteiger partial charge in [-0.1, -0.05) is 36.4 Å². The SMILES string of the molecule is CC(C)NC(=O)c1cccc(NC(=S)NC(=O)CCC(=O)OCCc2ccccc2)c1. The number of carbonyl (C=O) groups excluding carboxylic acids is 3. The van der Waals surface area contributed by atoms with Crippen LogP contribution >= 0.6 is 12.2 Å². The average molecular weight is 442 g/mol. The summed E-state index contributed by atoms with van der Waals surface area (Å²) in [4.78, 5) is 35.9. The largest absolute Gasteiger partial charge is 0.465 e. The van der Waals surface area contributed by atoms with E-state index in [1.807, 2.05) is 44.2 Å². The summed E-state index contributed by atoms with van der Waals surface area (Å²) in [7, 11) is 0. The van der Waals surface area contributed by atoms with Crippen LogP contribution in [0.15, 0.2) is 54.6 Å². The predicted molar refractivity (Wildman–Crippen MR) is 124 cm³/mol. The number of hydrogen-bond acceptors (Lipinski definition) is 5. The number of thiocarbonyl (C=S) groups is 1. The molecular weight excluding hydrogens is 414 g/mol. The molecule has 7 nitrogen and oxygen atoms in total. The zero-order valence-electron chi connectivity index (χ0n) is 17.6. The highest BCUT2D eigenvalue weighted by molar-refractivity contribution is 7.80. The third-order valence-corrected chi connectivity index (χ3v) is 4.31. The van der Waals surface area contributed by atoms with E-state index in [9.17, 15) is 14.4 Å². The number of amides is 2. The van der Waals surface area contributed by atoms with Crippen molar-refractivity contribution in [3.8, 4) is 0 Å². The second-order valence-electron chi connectivity index (χ2n) is 7.17. The zero-order valence-corrected chi connectivity index (χ0v) is 18.5. The minimum Gasteiger partial charge on any atom is -0.465 e. The lowest BCUT2D eigenvalue weighted by atomic mass is 10.2. The van der Waals surface area contributed by atoms with Crippen LogP contribution in [-0.4, -0.2) is 35.5 Å². The van der Waals surface area contributed by atoms with Crippen LogP contribution < -0.4 is 16.0 Å². The highest BCUT2D eigenvalue weighted by Crippen LogP contribution is 2.11. The van der Waals surface area contributed by atoms with Crippen molar-refractivity contribution in [2.75, 3.05) is 11.9 Å². The minimum atomic E-state index is -0.436. The Kier molecular flexibility index (Phi) is 9.64. The van der Waals surface area contributed by atoms with Crippen LogP contribution in [-0.2, 0) is 20.7 Å². The predicted octanol–water partition coefficient (Wildman–Crippen LogP) is 3.20. The summed E-state index contributed by atoms with van der Waals surface area (Å²) >= 11 is 5.14. The Hall–Kier alpha value is -3.26. The van der Waals surface area contributed by atoms with Gasteiger partial charge < -0.3 is 20.7 Å². The lowest BCUT2D eigenvalue weighted by Gasteiger charge is -2.12. The molecule has 3 N–H and O–H groups in total. The number of ether oxygens (including phenoxy) is 1. The highest BCUT2D eigenvalue weighted by atomic mass is 32.1. The molecule has 31 heavy (non-hydrogen) atoms. The Morgan fingerprint density at radius 1 is 1.00 bits per heavy atom. The molecule has 0 saturated carbocycles. The third kappa shape index (κ3) is 9.39. The molecule has 2 amide bonds. The molecule has 0 bridgehead atoms. The van der Waals surface area contributed by atoms with Crippen molar-refractivity contribution in [3.05, 3.63) is 65.7 Å². The summed E-state index contributed by atoms with van der Waals surface area (Å²) in [5.41, 5.74) is 2.13. The van der Waals surface area contributed by atoms with E-state index in [2.05, 4.69) is 16.0 Å². The highest BCUT2D eigenvalue weighted by Gasteiger charge is 2.11. The first-order chi connectivity index (χ1) is 14.8. The van der Waals surface area contributed by atoms with Crippen LogP contribution in [0, 0.1) is 0 Å². The van der Waals surface area contributed by atoms with Gasteiger partial charge in [-0.05, 0) is 49.8 Å². The molecule has 2 rings (SSSR count). The molecule has 0 atom stereocenters. The molecule has 0 aliphatic rings. The van der Waals surface area contributed by atoms with E-state index in [4.69, 9.17) is 17.0 Å². The zero-order chi connectivity index (χ0) is 22.6. The smallest absolute Gasteiger partial charge is 0.306 e. The molecule has 0 unspecified atom stereocenters. The molecule has 0 saturated heterocycles. The van der Waals surface area contributed by atoms with Crippen molar-refractivity contribution in [3.63, 3.8) is 0 Å². The second kappa shape index (κ2) is 12.4. The molecule has 0 fully saturated rings. The maximum absolute atomic E-state index is 12.1. The summed E-state index contributed by atoms with van der Waals surface area (Å²) < 4.78 is 5.15. The Morgan fingerprint density at radius 2 is 1.74 bits per heavy atom. The van der Waals surface area contributed by atoms with Gasteiger partial charge in [0.05, 0.1) is 13.0 Å². The van der Waals surface area contributed by atoms with Crippen molar-refractivity contribution in [2.24, 2.45) is 0 Å². The van der Waals surface area contributed by atoms with Crippen LogP contribution in [0.3, 0.4) is 0 Å². The Morgan fingerprint density at radius 3 is 2.45 bits per heavy atom. The molecule has 0 aromatic heterocycles. The van der Waals surface area contributed by atoms with E-state index in [0.29, 0.717) is 17.7 Å². The Labute approximate surface area is 187 Å². The number of benzene rings is 2. The maximum Gasteiger partial charge on any atom is 0.306 e. The molecule has 2 aromatic carbocycles. The van der Waals surface area contributed by atoms with Crippen LogP contribution in [0.1, 0.15) is 42.6 Å². The Balaban J connectivity index is 1.70. The van der Waals surface area contributed by atoms with E-state index < -0.39 is 11.9 Å². The van der Waals surface area contributed by atoms with Gasteiger partial charge in [-0.3, -0.25) is 14.4 Å². The van der Waals surface area contributed by atoms with Crippen LogP contribution in [0.5, 0.6) is 0 Å². The first-order valence-corrected chi connectivity index (χ1v) is 10.5. The van der Waals surface area contributed by atoms with Gasteiger partial charge in [-0.25, -0.2) is 0 Å². The van der Waals surface area contributed by atoms with Gasteiger partial charge in [0.25, 0.3) is 5.91 Å². The van der Waals surface area contributed by atoms with Crippen LogP contribution in [0.2, 0.25) is 0 Å². The van der Waals surface area contributed by atoms with Gasteiger partial charge in [0, 0.05) is 30.1 Å². The Bertz CT molecular complexity index is 916. The quantitative estimate of drug-likeness (QED) is 0.409. The van der Waals surface area contributed by atoms with Gasteiger partial charge >= 0.3 is 5.97 Å². The summed E-state index contributed by atoms with van der Waals surface area (Å²) in [5, 5.41) is 8.28. The van der Waals surface area contributed by atoms with E-state index in [1.165, 1.54) is 0 Å². The van der Waals surface area contributed by atoms with Crippen molar-refractivity contribution in [2.45, 2.75) is 39.2 Å². The van der Waals surface area contributed by atoms with Crippen LogP contribution in [0.25, 0.3) is 0 Å². The normalized spacial score (nSPS) is 10.3. The first kappa shape index (κ1) is 24.0. The monoisotopic (exact) mass is 441 g/mol. The van der Waals surface area contributed by atoms with Crippen molar-refractivity contribution >= 4 is 40.8 Å². The molecule has 0 heterocycles. The van der Waals surface area contributed by atoms with Gasteiger partial charge in [0.15, 0.2) is 5.11 Å². The lowest BCUT2D eigenvalue weighted by Crippen LogP contribution is -2.34. The molecule has 0 spiro atoms. The number of carbonyl (C=O) groups is 3. The fraction of sp³-hybridized carbons (Fsp3) is 0.304. The van der Waals surface area contributed by atoms with Crippen molar-refractivity contribution < 1.29 is 19.1 Å². The van der Waals surface area contributed by atoms with Gasteiger partial charge in [-0.2, -0.15) is 0 Å². The number of nitrogens with one attached hydrogen (secondary N) is 3. The standard InChI is InChI=1S/C23H27N3O4S/c1-16(2)24-22(29)18-9-6-10-19(15-18)25-23(31)26-20(27)11-12-21(28)30-14-13-17-7-4-3-5-8-17/h3-10,15-16H,11-14H2,1-2H3,(H,24,29)(H2,25,26,27,31). The van der Waals surface area contributed by atoms with E-state index in [-0.39, 0.29) is 36.5 Å². The first-order valence-electron chi connectivity index (χ1n) is 10.0. The van der Waals surface area contributed by atoms with E-state index in [1.54, 1.807) is 24.3 Å². The number of hydrogen-bond donors (Lipinski definition) is 3. The second-order valence-corrected chi connectivity index (χ2v) is 7.58. The van der Waals surface area contributed by atoms with E-state index >= 15 is 0 Å². The minimum absolute atomic E-state index is 0.0227. The summed E-state index contributed by atoms with van der Waals surface area (Å²) in [6, 6.07) is 16.5. The van der Waals surface area contributed by atoms with Gasteiger partial charge in [0.1, 0.15) is 0 Å². The summed E-state index contributed by atoms with van der Waals surface area (Å²) in [6.45, 7) is 4.03.